The molecular weight excluding hydrogens is 440 g/mol. The summed E-state index contributed by atoms with van der Waals surface area (Å²) in [7, 11) is 0. The van der Waals surface area contributed by atoms with Crippen LogP contribution in [0.1, 0.15) is 25.2 Å². The van der Waals surface area contributed by atoms with E-state index in [1.54, 1.807) is 0 Å². The molecule has 3 heterocycles. The fourth-order valence-corrected chi connectivity index (χ4v) is 5.27. The Bertz CT molecular complexity index is 1690. The van der Waals surface area contributed by atoms with E-state index in [-0.39, 0.29) is 5.41 Å². The highest BCUT2D eigenvalue weighted by atomic mass is 15.1. The molecule has 0 fully saturated rings. The monoisotopic (exact) mass is 464 g/mol. The first kappa shape index (κ1) is 20.8. The number of aromatic nitrogens is 4. The van der Waals surface area contributed by atoms with Gasteiger partial charge in [-0.3, -0.25) is 4.57 Å². The van der Waals surface area contributed by atoms with Crippen LogP contribution in [0.2, 0.25) is 0 Å². The molecule has 0 atom stereocenters. The van der Waals surface area contributed by atoms with E-state index in [1.807, 2.05) is 42.5 Å². The maximum atomic E-state index is 5.03. The molecule has 7 rings (SSSR count). The molecule has 0 bridgehead atoms. The molecule has 0 spiro atoms. The van der Waals surface area contributed by atoms with Crippen molar-refractivity contribution in [1.29, 1.82) is 0 Å². The Morgan fingerprint density at radius 1 is 0.583 bits per heavy atom. The summed E-state index contributed by atoms with van der Waals surface area (Å²) in [4.78, 5) is 15.0. The predicted molar refractivity (Wildman–Crippen MR) is 145 cm³/mol. The second-order valence-corrected chi connectivity index (χ2v) is 9.81. The maximum Gasteiger partial charge on any atom is 0.160 e. The highest BCUT2D eigenvalue weighted by Crippen LogP contribution is 2.45. The van der Waals surface area contributed by atoms with Crippen molar-refractivity contribution >= 4 is 11.0 Å². The van der Waals surface area contributed by atoms with E-state index in [4.69, 9.17) is 15.0 Å². The molecule has 4 heteroatoms. The van der Waals surface area contributed by atoms with E-state index < -0.39 is 0 Å². The van der Waals surface area contributed by atoms with Crippen LogP contribution in [-0.2, 0) is 5.41 Å². The maximum absolute atomic E-state index is 5.03. The van der Waals surface area contributed by atoms with Gasteiger partial charge in [-0.05, 0) is 49.7 Å². The zero-order valence-corrected chi connectivity index (χ0v) is 20.2. The molecule has 0 saturated carbocycles. The van der Waals surface area contributed by atoms with Gasteiger partial charge in [-0.1, -0.05) is 78.9 Å². The normalized spacial score (nSPS) is 13.5. The second kappa shape index (κ2) is 7.72. The number of imidazole rings is 1. The van der Waals surface area contributed by atoms with E-state index in [2.05, 4.69) is 85.1 Å². The molecule has 0 saturated heterocycles. The Morgan fingerprint density at radius 2 is 1.22 bits per heavy atom. The van der Waals surface area contributed by atoms with E-state index in [0.29, 0.717) is 0 Å². The summed E-state index contributed by atoms with van der Waals surface area (Å²) in [6, 6.07) is 37.6. The molecule has 6 aromatic rings. The second-order valence-electron chi connectivity index (χ2n) is 9.81. The molecule has 4 nitrogen and oxygen atoms in total. The molecule has 0 N–H and O–H groups in total. The van der Waals surface area contributed by atoms with E-state index >= 15 is 0 Å². The third kappa shape index (κ3) is 3.11. The lowest BCUT2D eigenvalue weighted by Crippen LogP contribution is -2.16. The lowest BCUT2D eigenvalue weighted by Gasteiger charge is -2.18. The predicted octanol–water partition coefficient (Wildman–Crippen LogP) is 7.46. The van der Waals surface area contributed by atoms with Crippen molar-refractivity contribution in [2.75, 3.05) is 0 Å². The zero-order valence-electron chi connectivity index (χ0n) is 20.2. The average molecular weight is 465 g/mol. The molecule has 0 amide bonds. The molecule has 36 heavy (non-hydrogen) atoms. The Kier molecular flexibility index (Phi) is 4.45. The lowest BCUT2D eigenvalue weighted by atomic mass is 9.84. The van der Waals surface area contributed by atoms with Gasteiger partial charge in [0.25, 0.3) is 0 Å². The molecular formula is C32H24N4. The van der Waals surface area contributed by atoms with Crippen molar-refractivity contribution < 1.29 is 0 Å². The SMILES string of the molecule is CC1(C)c2cc(-c3cc(-c4ccccc4)nc(-c4ccccc4)n3)ccc2-n2c1nc1ccccc12. The Balaban J connectivity index is 1.42. The standard InChI is InChI=1S/C32H24N4/c1-32(2)24-19-23(17-18-28(24)36-29-16-10-9-15-25(29)35-31(32)36)27-20-26(21-11-5-3-6-12-21)33-30(34-27)22-13-7-4-8-14-22/h3-20H,1-2H3. The van der Waals surface area contributed by atoms with Gasteiger partial charge in [-0.2, -0.15) is 0 Å². The van der Waals surface area contributed by atoms with Crippen LogP contribution in [0, 0.1) is 0 Å². The van der Waals surface area contributed by atoms with Gasteiger partial charge < -0.3 is 0 Å². The highest BCUT2D eigenvalue weighted by molar-refractivity contribution is 5.82. The highest BCUT2D eigenvalue weighted by Gasteiger charge is 2.39. The number of benzene rings is 4. The lowest BCUT2D eigenvalue weighted by molar-refractivity contribution is 0.621. The first-order valence-electron chi connectivity index (χ1n) is 12.2. The van der Waals surface area contributed by atoms with Crippen LogP contribution in [-0.4, -0.2) is 19.5 Å². The summed E-state index contributed by atoms with van der Waals surface area (Å²) < 4.78 is 2.30. The van der Waals surface area contributed by atoms with Gasteiger partial charge in [-0.25, -0.2) is 15.0 Å². The Labute approximate surface area is 210 Å². The van der Waals surface area contributed by atoms with Gasteiger partial charge >= 0.3 is 0 Å². The van der Waals surface area contributed by atoms with E-state index in [9.17, 15) is 0 Å². The molecule has 2 aromatic heterocycles. The van der Waals surface area contributed by atoms with Gasteiger partial charge in [0.05, 0.1) is 33.5 Å². The summed E-state index contributed by atoms with van der Waals surface area (Å²) in [6.07, 6.45) is 0. The van der Waals surface area contributed by atoms with Crippen molar-refractivity contribution in [3.8, 4) is 39.6 Å². The van der Waals surface area contributed by atoms with Crippen LogP contribution in [0.4, 0.5) is 0 Å². The number of nitrogens with zero attached hydrogens (tertiary/aromatic N) is 4. The van der Waals surface area contributed by atoms with Crippen LogP contribution in [0.3, 0.4) is 0 Å². The minimum atomic E-state index is -0.220. The summed E-state index contributed by atoms with van der Waals surface area (Å²) >= 11 is 0. The van der Waals surface area contributed by atoms with Crippen molar-refractivity contribution in [3.05, 3.63) is 121 Å². The number of fused-ring (bicyclic) bond motifs is 5. The van der Waals surface area contributed by atoms with Crippen LogP contribution >= 0.6 is 0 Å². The molecule has 172 valence electrons. The van der Waals surface area contributed by atoms with Gasteiger partial charge in [0.2, 0.25) is 0 Å². The van der Waals surface area contributed by atoms with Gasteiger partial charge in [0, 0.05) is 16.7 Å². The fraction of sp³-hybridized carbons (Fsp3) is 0.0938. The smallest absolute Gasteiger partial charge is 0.160 e. The third-order valence-corrected chi connectivity index (χ3v) is 7.15. The van der Waals surface area contributed by atoms with Crippen molar-refractivity contribution in [2.24, 2.45) is 0 Å². The number of hydrogen-bond donors (Lipinski definition) is 0. The summed E-state index contributed by atoms with van der Waals surface area (Å²) in [6.45, 7) is 4.51. The van der Waals surface area contributed by atoms with Crippen molar-refractivity contribution in [1.82, 2.24) is 19.5 Å². The van der Waals surface area contributed by atoms with Crippen molar-refractivity contribution in [3.63, 3.8) is 0 Å². The van der Waals surface area contributed by atoms with Gasteiger partial charge in [0.15, 0.2) is 5.82 Å². The zero-order chi connectivity index (χ0) is 24.3. The first-order chi connectivity index (χ1) is 17.6. The van der Waals surface area contributed by atoms with Crippen LogP contribution in [0.15, 0.2) is 109 Å². The molecule has 1 aliphatic heterocycles. The molecule has 1 aliphatic rings. The third-order valence-electron chi connectivity index (χ3n) is 7.15. The summed E-state index contributed by atoms with van der Waals surface area (Å²) in [5.41, 5.74) is 9.39. The number of hydrogen-bond acceptors (Lipinski definition) is 3. The van der Waals surface area contributed by atoms with Crippen LogP contribution in [0.25, 0.3) is 50.6 Å². The molecule has 0 radical (unpaired) electrons. The largest absolute Gasteiger partial charge is 0.295 e. The van der Waals surface area contributed by atoms with Crippen LogP contribution < -0.4 is 0 Å². The summed E-state index contributed by atoms with van der Waals surface area (Å²) in [5, 5.41) is 0. The van der Waals surface area contributed by atoms with Gasteiger partial charge in [0.1, 0.15) is 5.82 Å². The average Bonchev–Trinajstić information content (AvgIpc) is 3.43. The summed E-state index contributed by atoms with van der Waals surface area (Å²) in [5.74, 6) is 1.80. The number of para-hydroxylation sites is 2. The molecule has 0 aliphatic carbocycles. The first-order valence-corrected chi connectivity index (χ1v) is 12.2. The minimum absolute atomic E-state index is 0.220. The fourth-order valence-electron chi connectivity index (χ4n) is 5.27. The minimum Gasteiger partial charge on any atom is -0.295 e. The van der Waals surface area contributed by atoms with E-state index in [0.717, 1.165) is 50.8 Å². The molecule has 4 aromatic carbocycles. The van der Waals surface area contributed by atoms with Gasteiger partial charge in [-0.15, -0.1) is 0 Å². The van der Waals surface area contributed by atoms with Crippen LogP contribution in [0.5, 0.6) is 0 Å². The number of rotatable bonds is 3. The van der Waals surface area contributed by atoms with E-state index in [1.165, 1.54) is 11.3 Å². The Morgan fingerprint density at radius 3 is 1.97 bits per heavy atom. The topological polar surface area (TPSA) is 43.6 Å². The Hall–Kier alpha value is -4.57. The molecule has 0 unspecified atom stereocenters. The quantitative estimate of drug-likeness (QED) is 0.273. The van der Waals surface area contributed by atoms with Crippen molar-refractivity contribution in [2.45, 2.75) is 19.3 Å².